The van der Waals surface area contributed by atoms with E-state index in [0.29, 0.717) is 18.0 Å². The molecule has 1 aromatic carbocycles. The summed E-state index contributed by atoms with van der Waals surface area (Å²) in [5.74, 6) is 1.19. The summed E-state index contributed by atoms with van der Waals surface area (Å²) in [5.41, 5.74) is 2.40. The van der Waals surface area contributed by atoms with Gasteiger partial charge >= 0.3 is 0 Å². The van der Waals surface area contributed by atoms with Gasteiger partial charge in [-0.15, -0.1) is 0 Å². The molecule has 4 aromatic rings. The lowest BCUT2D eigenvalue weighted by Crippen LogP contribution is -2.14. The van der Waals surface area contributed by atoms with Crippen LogP contribution in [-0.2, 0) is 16.6 Å². The van der Waals surface area contributed by atoms with E-state index in [1.807, 2.05) is 12.1 Å². The summed E-state index contributed by atoms with van der Waals surface area (Å²) in [6.45, 7) is 0.398. The summed E-state index contributed by atoms with van der Waals surface area (Å²) in [5, 5.41) is 11.1. The smallest absolute Gasteiger partial charge is 0.255 e. The van der Waals surface area contributed by atoms with E-state index >= 15 is 0 Å². The molecular weight excluding hydrogens is 382 g/mol. The second kappa shape index (κ2) is 6.73. The van der Waals surface area contributed by atoms with Gasteiger partial charge in [0.15, 0.2) is 16.5 Å². The minimum atomic E-state index is -3.83. The molecule has 0 spiro atoms. The third kappa shape index (κ3) is 3.12. The number of nitrogens with two attached hydrogens (primary N) is 1. The number of nitrogens with zero attached hydrogens (tertiary/aromatic N) is 4. The second-order valence-corrected chi connectivity index (χ2v) is 7.65. The van der Waals surface area contributed by atoms with Crippen molar-refractivity contribution in [3.63, 3.8) is 0 Å². The number of fused-ring (bicyclic) bond motifs is 3. The largest absolute Gasteiger partial charge is 0.493 e. The molecule has 9 nitrogen and oxygen atoms in total. The van der Waals surface area contributed by atoms with Gasteiger partial charge < -0.3 is 9.47 Å². The van der Waals surface area contributed by atoms with Gasteiger partial charge in [-0.05, 0) is 17.7 Å². The number of aromatic nitrogens is 4. The predicted molar refractivity (Wildman–Crippen MR) is 103 cm³/mol. The van der Waals surface area contributed by atoms with Crippen LogP contribution in [0.25, 0.3) is 21.8 Å². The maximum atomic E-state index is 11.4. The monoisotopic (exact) mass is 399 g/mol. The standard InChI is InChI=1S/C18H17N5O4S/c1-26-15-5-13-14(6-16(15)27-2)20-8-12-9-22-23(18(12)13)10-11-3-4-17(21-7-11)28(19,24)25/h3-9H,10H2,1-2H3,(H2,19,24,25). The maximum absolute atomic E-state index is 11.4. The quantitative estimate of drug-likeness (QED) is 0.542. The van der Waals surface area contributed by atoms with Crippen LogP contribution in [0.15, 0.2) is 47.9 Å². The Balaban J connectivity index is 1.82. The van der Waals surface area contributed by atoms with Crippen LogP contribution in [0.3, 0.4) is 0 Å². The highest BCUT2D eigenvalue weighted by Gasteiger charge is 2.14. The van der Waals surface area contributed by atoms with Crippen molar-refractivity contribution in [3.05, 3.63) is 48.4 Å². The summed E-state index contributed by atoms with van der Waals surface area (Å²) in [6.07, 6.45) is 4.94. The molecule has 10 heteroatoms. The van der Waals surface area contributed by atoms with Gasteiger partial charge in [0.1, 0.15) is 0 Å². The molecule has 28 heavy (non-hydrogen) atoms. The zero-order valence-electron chi connectivity index (χ0n) is 15.2. The van der Waals surface area contributed by atoms with E-state index in [9.17, 15) is 8.42 Å². The lowest BCUT2D eigenvalue weighted by Gasteiger charge is -2.11. The van der Waals surface area contributed by atoms with Crippen LogP contribution in [0.1, 0.15) is 5.56 Å². The van der Waals surface area contributed by atoms with Gasteiger partial charge in [-0.3, -0.25) is 9.67 Å². The number of methoxy groups -OCH3 is 2. The summed E-state index contributed by atoms with van der Waals surface area (Å²) in [4.78, 5) is 8.39. The van der Waals surface area contributed by atoms with Crippen molar-refractivity contribution in [2.24, 2.45) is 5.14 Å². The molecule has 2 N–H and O–H groups in total. The van der Waals surface area contributed by atoms with Gasteiger partial charge in [-0.25, -0.2) is 18.5 Å². The number of pyridine rings is 2. The van der Waals surface area contributed by atoms with Gasteiger partial charge in [-0.2, -0.15) is 5.10 Å². The van der Waals surface area contributed by atoms with Crippen LogP contribution in [0.2, 0.25) is 0 Å². The Morgan fingerprint density at radius 2 is 1.79 bits per heavy atom. The Morgan fingerprint density at radius 3 is 2.43 bits per heavy atom. The highest BCUT2D eigenvalue weighted by atomic mass is 32.2. The SMILES string of the molecule is COc1cc2ncc3cnn(Cc4ccc(S(N)(=O)=O)nc4)c3c2cc1OC. The van der Waals surface area contributed by atoms with E-state index in [2.05, 4.69) is 15.1 Å². The molecule has 4 rings (SSSR count). The average Bonchev–Trinajstić information content (AvgIpc) is 3.09. The average molecular weight is 399 g/mol. The number of hydrogen-bond donors (Lipinski definition) is 1. The number of sulfonamides is 1. The first kappa shape index (κ1) is 18.1. The van der Waals surface area contributed by atoms with Crippen molar-refractivity contribution < 1.29 is 17.9 Å². The Morgan fingerprint density at radius 1 is 1.04 bits per heavy atom. The van der Waals surface area contributed by atoms with Crippen LogP contribution in [0.5, 0.6) is 11.5 Å². The van der Waals surface area contributed by atoms with Gasteiger partial charge in [0, 0.05) is 29.2 Å². The molecule has 0 saturated carbocycles. The van der Waals surface area contributed by atoms with E-state index in [0.717, 1.165) is 27.4 Å². The lowest BCUT2D eigenvalue weighted by molar-refractivity contribution is 0.356. The predicted octanol–water partition coefficient (Wildman–Crippen LogP) is 1.69. The third-order valence-electron chi connectivity index (χ3n) is 4.39. The minimum absolute atomic E-state index is 0.173. The first-order valence-corrected chi connectivity index (χ1v) is 9.79. The van der Waals surface area contributed by atoms with Crippen molar-refractivity contribution in [2.45, 2.75) is 11.6 Å². The summed E-state index contributed by atoms with van der Waals surface area (Å²) in [6, 6.07) is 6.72. The van der Waals surface area contributed by atoms with Gasteiger partial charge in [0.25, 0.3) is 10.0 Å². The van der Waals surface area contributed by atoms with Crippen LogP contribution < -0.4 is 14.6 Å². The van der Waals surface area contributed by atoms with Crippen molar-refractivity contribution in [1.82, 2.24) is 19.7 Å². The molecule has 0 unspecified atom stereocenters. The van der Waals surface area contributed by atoms with Crippen molar-refractivity contribution >= 4 is 31.8 Å². The molecule has 3 heterocycles. The van der Waals surface area contributed by atoms with Crippen LogP contribution in [0, 0.1) is 0 Å². The zero-order valence-corrected chi connectivity index (χ0v) is 16.0. The molecule has 0 amide bonds. The number of benzene rings is 1. The van der Waals surface area contributed by atoms with E-state index in [4.69, 9.17) is 14.6 Å². The first-order valence-electron chi connectivity index (χ1n) is 8.24. The zero-order chi connectivity index (χ0) is 19.9. The van der Waals surface area contributed by atoms with Crippen LogP contribution in [0.4, 0.5) is 0 Å². The number of primary sulfonamides is 1. The van der Waals surface area contributed by atoms with Gasteiger partial charge in [0.05, 0.1) is 38.0 Å². The number of rotatable bonds is 5. The molecule has 3 aromatic heterocycles. The van der Waals surface area contributed by atoms with Crippen LogP contribution in [-0.4, -0.2) is 42.4 Å². The molecular formula is C18H17N5O4S. The molecule has 144 valence electrons. The fourth-order valence-electron chi connectivity index (χ4n) is 3.06. The van der Waals surface area contributed by atoms with Gasteiger partial charge in [0.2, 0.25) is 0 Å². The van der Waals surface area contributed by atoms with Crippen molar-refractivity contribution in [2.75, 3.05) is 14.2 Å². The lowest BCUT2D eigenvalue weighted by atomic mass is 10.1. The molecule has 0 bridgehead atoms. The Labute approximate surface area is 160 Å². The highest BCUT2D eigenvalue weighted by molar-refractivity contribution is 7.89. The fraction of sp³-hybridized carbons (Fsp3) is 0.167. The van der Waals surface area contributed by atoms with E-state index in [1.54, 1.807) is 37.4 Å². The molecule has 0 atom stereocenters. The van der Waals surface area contributed by atoms with E-state index in [1.165, 1.54) is 12.3 Å². The molecule has 0 fully saturated rings. The van der Waals surface area contributed by atoms with Crippen molar-refractivity contribution in [3.8, 4) is 11.5 Å². The van der Waals surface area contributed by atoms with E-state index < -0.39 is 10.0 Å². The first-order chi connectivity index (χ1) is 13.4. The van der Waals surface area contributed by atoms with Crippen molar-refractivity contribution in [1.29, 1.82) is 0 Å². The topological polar surface area (TPSA) is 122 Å². The minimum Gasteiger partial charge on any atom is -0.493 e. The molecule has 0 radical (unpaired) electrons. The highest BCUT2D eigenvalue weighted by Crippen LogP contribution is 2.34. The third-order valence-corrected chi connectivity index (χ3v) is 5.21. The van der Waals surface area contributed by atoms with E-state index in [-0.39, 0.29) is 5.03 Å². The Bertz CT molecular complexity index is 1280. The van der Waals surface area contributed by atoms with Crippen LogP contribution >= 0.6 is 0 Å². The summed E-state index contributed by atoms with van der Waals surface area (Å²) >= 11 is 0. The summed E-state index contributed by atoms with van der Waals surface area (Å²) < 4.78 is 35.3. The number of hydrogen-bond acceptors (Lipinski definition) is 7. The molecule has 0 aliphatic carbocycles. The Hall–Kier alpha value is -3.24. The normalized spacial score (nSPS) is 11.8. The second-order valence-electron chi connectivity index (χ2n) is 6.14. The van der Waals surface area contributed by atoms with Gasteiger partial charge in [-0.1, -0.05) is 6.07 Å². The fourth-order valence-corrected chi connectivity index (χ4v) is 3.52. The Kier molecular flexibility index (Phi) is 4.36. The molecule has 0 saturated heterocycles. The maximum Gasteiger partial charge on any atom is 0.255 e. The molecule has 0 aliphatic rings. The number of ether oxygens (including phenoxy) is 2. The summed E-state index contributed by atoms with van der Waals surface area (Å²) in [7, 11) is -0.676. The molecule has 0 aliphatic heterocycles.